The van der Waals surface area contributed by atoms with Crippen LogP contribution >= 0.6 is 27.7 Å². The van der Waals surface area contributed by atoms with E-state index in [4.69, 9.17) is 0 Å². The Labute approximate surface area is 122 Å². The van der Waals surface area contributed by atoms with E-state index in [1.54, 1.807) is 0 Å². The molecule has 0 aromatic carbocycles. The number of aromatic nitrogens is 2. The van der Waals surface area contributed by atoms with Crippen LogP contribution in [0.25, 0.3) is 0 Å². The van der Waals surface area contributed by atoms with Crippen LogP contribution in [0.5, 0.6) is 0 Å². The van der Waals surface area contributed by atoms with E-state index in [2.05, 4.69) is 56.6 Å². The summed E-state index contributed by atoms with van der Waals surface area (Å²) < 4.78 is 3.32. The van der Waals surface area contributed by atoms with Gasteiger partial charge in [-0.15, -0.1) is 0 Å². The molecule has 1 aliphatic heterocycles. The summed E-state index contributed by atoms with van der Waals surface area (Å²) >= 11 is 5.75. The highest BCUT2D eigenvalue weighted by Crippen LogP contribution is 2.36. The van der Waals surface area contributed by atoms with Gasteiger partial charge < -0.3 is 5.32 Å². The first-order chi connectivity index (χ1) is 8.77. The van der Waals surface area contributed by atoms with E-state index in [0.717, 1.165) is 29.9 Å². The van der Waals surface area contributed by atoms with Gasteiger partial charge in [-0.2, -0.15) is 16.9 Å². The van der Waals surface area contributed by atoms with Crippen molar-refractivity contribution in [1.82, 2.24) is 15.1 Å². The zero-order valence-corrected chi connectivity index (χ0v) is 13.6. The molecule has 0 bridgehead atoms. The molecule has 1 fully saturated rings. The van der Waals surface area contributed by atoms with Crippen LogP contribution in [0.15, 0.2) is 10.7 Å². The summed E-state index contributed by atoms with van der Waals surface area (Å²) in [7, 11) is 0. The zero-order chi connectivity index (χ0) is 13.0. The lowest BCUT2D eigenvalue weighted by molar-refractivity contribution is 0.371. The van der Waals surface area contributed by atoms with Gasteiger partial charge in [0, 0.05) is 6.54 Å². The second kappa shape index (κ2) is 6.96. The number of thioether (sulfide) groups is 1. The smallest absolute Gasteiger partial charge is 0.0698 e. The molecule has 1 aromatic heterocycles. The van der Waals surface area contributed by atoms with Crippen molar-refractivity contribution >= 4 is 27.7 Å². The molecular formula is C13H22BrN3S. The van der Waals surface area contributed by atoms with Crippen molar-refractivity contribution in [1.29, 1.82) is 0 Å². The topological polar surface area (TPSA) is 29.9 Å². The highest BCUT2D eigenvalue weighted by molar-refractivity contribution is 9.10. The molecule has 1 aliphatic rings. The maximum absolute atomic E-state index is 4.50. The molecule has 0 amide bonds. The predicted octanol–water partition coefficient (Wildman–Crippen LogP) is 3.46. The van der Waals surface area contributed by atoms with Crippen LogP contribution in [0.4, 0.5) is 0 Å². The molecule has 2 unspecified atom stereocenters. The zero-order valence-electron chi connectivity index (χ0n) is 11.2. The normalized spacial score (nSPS) is 21.4. The number of nitrogens with one attached hydrogen (secondary N) is 1. The summed E-state index contributed by atoms with van der Waals surface area (Å²) in [4.78, 5) is 0. The average Bonchev–Trinajstić information content (AvgIpc) is 2.98. The SMILES string of the molecule is CCCn1ncc(Br)c1C(NCC)C1CCSC1. The quantitative estimate of drug-likeness (QED) is 0.865. The van der Waals surface area contributed by atoms with Gasteiger partial charge in [0.1, 0.15) is 0 Å². The second-order valence-electron chi connectivity index (χ2n) is 4.76. The number of nitrogens with zero attached hydrogens (tertiary/aromatic N) is 2. The third kappa shape index (κ3) is 3.11. The van der Waals surface area contributed by atoms with Crippen molar-refractivity contribution in [2.75, 3.05) is 18.1 Å². The Morgan fingerprint density at radius 3 is 3.06 bits per heavy atom. The molecule has 18 heavy (non-hydrogen) atoms. The van der Waals surface area contributed by atoms with Gasteiger partial charge in [0.2, 0.25) is 0 Å². The molecule has 0 radical (unpaired) electrons. The molecule has 1 aromatic rings. The van der Waals surface area contributed by atoms with E-state index < -0.39 is 0 Å². The van der Waals surface area contributed by atoms with Crippen LogP contribution in [-0.4, -0.2) is 27.8 Å². The van der Waals surface area contributed by atoms with Crippen molar-refractivity contribution in [3.63, 3.8) is 0 Å². The van der Waals surface area contributed by atoms with Crippen molar-refractivity contribution in [2.45, 2.75) is 39.3 Å². The van der Waals surface area contributed by atoms with Crippen LogP contribution in [0.2, 0.25) is 0 Å². The first-order valence-corrected chi connectivity index (χ1v) is 8.75. The second-order valence-corrected chi connectivity index (χ2v) is 6.76. The predicted molar refractivity (Wildman–Crippen MR) is 82.1 cm³/mol. The average molecular weight is 332 g/mol. The van der Waals surface area contributed by atoms with Crippen LogP contribution < -0.4 is 5.32 Å². The molecule has 0 aliphatic carbocycles. The lowest BCUT2D eigenvalue weighted by Crippen LogP contribution is -2.30. The Morgan fingerprint density at radius 1 is 1.61 bits per heavy atom. The molecular weight excluding hydrogens is 310 g/mol. The first-order valence-electron chi connectivity index (χ1n) is 6.80. The Kier molecular flexibility index (Phi) is 5.57. The molecule has 102 valence electrons. The Balaban J connectivity index is 2.25. The molecule has 0 saturated carbocycles. The molecule has 2 atom stereocenters. The van der Waals surface area contributed by atoms with E-state index in [1.807, 2.05) is 6.20 Å². The minimum absolute atomic E-state index is 0.438. The largest absolute Gasteiger partial charge is 0.309 e. The Hall–Kier alpha value is -0.0000000000000000555. The van der Waals surface area contributed by atoms with E-state index in [9.17, 15) is 0 Å². The van der Waals surface area contributed by atoms with Crippen molar-refractivity contribution in [3.8, 4) is 0 Å². The molecule has 2 heterocycles. The third-order valence-corrected chi connectivity index (χ3v) is 5.22. The Bertz CT molecular complexity index is 374. The van der Waals surface area contributed by atoms with Gasteiger partial charge in [-0.1, -0.05) is 13.8 Å². The van der Waals surface area contributed by atoms with Gasteiger partial charge in [-0.3, -0.25) is 4.68 Å². The van der Waals surface area contributed by atoms with Gasteiger partial charge in [0.05, 0.1) is 22.4 Å². The lowest BCUT2D eigenvalue weighted by atomic mass is 9.96. The minimum atomic E-state index is 0.438. The maximum Gasteiger partial charge on any atom is 0.0698 e. The summed E-state index contributed by atoms with van der Waals surface area (Å²) in [6.07, 6.45) is 4.38. The molecule has 3 nitrogen and oxygen atoms in total. The fraction of sp³-hybridized carbons (Fsp3) is 0.769. The van der Waals surface area contributed by atoms with Crippen molar-refractivity contribution < 1.29 is 0 Å². The number of aryl methyl sites for hydroxylation is 1. The summed E-state index contributed by atoms with van der Waals surface area (Å²) in [5.41, 5.74) is 1.34. The number of hydrogen-bond donors (Lipinski definition) is 1. The van der Waals surface area contributed by atoms with E-state index >= 15 is 0 Å². The molecule has 5 heteroatoms. The summed E-state index contributed by atoms with van der Waals surface area (Å²) in [5, 5.41) is 8.17. The maximum atomic E-state index is 4.50. The highest BCUT2D eigenvalue weighted by atomic mass is 79.9. The van der Waals surface area contributed by atoms with Crippen LogP contribution in [0.1, 0.15) is 38.4 Å². The third-order valence-electron chi connectivity index (χ3n) is 3.42. The molecule has 0 spiro atoms. The van der Waals surface area contributed by atoms with Gasteiger partial charge in [-0.05, 0) is 52.7 Å². The summed E-state index contributed by atoms with van der Waals surface area (Å²) in [6.45, 7) is 6.40. The fourth-order valence-corrected chi connectivity index (χ4v) is 4.43. The van der Waals surface area contributed by atoms with Crippen molar-refractivity contribution in [3.05, 3.63) is 16.4 Å². The summed E-state index contributed by atoms with van der Waals surface area (Å²) in [5.74, 6) is 3.30. The van der Waals surface area contributed by atoms with Crippen LogP contribution in [0, 0.1) is 5.92 Å². The van der Waals surface area contributed by atoms with Gasteiger partial charge >= 0.3 is 0 Å². The van der Waals surface area contributed by atoms with Gasteiger partial charge in [0.25, 0.3) is 0 Å². The number of hydrogen-bond acceptors (Lipinski definition) is 3. The van der Waals surface area contributed by atoms with Gasteiger partial charge in [0.15, 0.2) is 0 Å². The van der Waals surface area contributed by atoms with E-state index in [-0.39, 0.29) is 0 Å². The van der Waals surface area contributed by atoms with E-state index in [1.165, 1.54) is 23.6 Å². The molecule has 1 N–H and O–H groups in total. The summed E-state index contributed by atoms with van der Waals surface area (Å²) in [6, 6.07) is 0.438. The molecule has 1 saturated heterocycles. The number of rotatable bonds is 6. The van der Waals surface area contributed by atoms with Crippen LogP contribution in [-0.2, 0) is 6.54 Å². The number of halogens is 1. The highest BCUT2D eigenvalue weighted by Gasteiger charge is 2.30. The minimum Gasteiger partial charge on any atom is -0.309 e. The Morgan fingerprint density at radius 2 is 2.44 bits per heavy atom. The van der Waals surface area contributed by atoms with Gasteiger partial charge in [-0.25, -0.2) is 0 Å². The fourth-order valence-electron chi connectivity index (χ4n) is 2.59. The monoisotopic (exact) mass is 331 g/mol. The van der Waals surface area contributed by atoms with Crippen molar-refractivity contribution in [2.24, 2.45) is 5.92 Å². The standard InChI is InChI=1S/C13H22BrN3S/c1-3-6-17-13(11(14)8-16-17)12(15-4-2)10-5-7-18-9-10/h8,10,12,15H,3-7,9H2,1-2H3. The molecule has 2 rings (SSSR count). The lowest BCUT2D eigenvalue weighted by Gasteiger charge is -2.25. The van der Waals surface area contributed by atoms with E-state index in [0.29, 0.717) is 6.04 Å². The van der Waals surface area contributed by atoms with Crippen LogP contribution in [0.3, 0.4) is 0 Å². The first kappa shape index (κ1) is 14.4.